The van der Waals surface area contributed by atoms with Crippen molar-refractivity contribution in [3.8, 4) is 0 Å². The lowest BCUT2D eigenvalue weighted by molar-refractivity contribution is 0.726. The number of hydrogen-bond donors (Lipinski definition) is 1. The summed E-state index contributed by atoms with van der Waals surface area (Å²) in [6.45, 7) is 6.01. The highest BCUT2D eigenvalue weighted by molar-refractivity contribution is 6.30. The molecule has 0 saturated heterocycles. The second kappa shape index (κ2) is 6.78. The van der Waals surface area contributed by atoms with Crippen LogP contribution in [0.4, 0.5) is 11.4 Å². The molecule has 0 aliphatic heterocycles. The Kier molecular flexibility index (Phi) is 5.05. The zero-order valence-electron chi connectivity index (χ0n) is 12.3. The molecule has 20 heavy (non-hydrogen) atoms. The second-order valence-electron chi connectivity index (χ2n) is 4.95. The second-order valence-corrected chi connectivity index (χ2v) is 5.38. The van der Waals surface area contributed by atoms with Crippen molar-refractivity contribution in [1.82, 2.24) is 5.32 Å². The molecule has 0 bridgehead atoms. The molecule has 0 aliphatic rings. The molecule has 2 rings (SSSR count). The van der Waals surface area contributed by atoms with Gasteiger partial charge in [-0.3, -0.25) is 0 Å². The third-order valence-electron chi connectivity index (χ3n) is 3.40. The van der Waals surface area contributed by atoms with Gasteiger partial charge in [0.25, 0.3) is 0 Å². The topological polar surface area (TPSA) is 15.3 Å². The first-order chi connectivity index (χ1) is 9.61. The summed E-state index contributed by atoms with van der Waals surface area (Å²) in [5, 5.41) is 4.13. The number of hydrogen-bond acceptors (Lipinski definition) is 2. The van der Waals surface area contributed by atoms with Crippen LogP contribution in [0.5, 0.6) is 0 Å². The van der Waals surface area contributed by atoms with E-state index in [4.69, 9.17) is 11.6 Å². The molecule has 0 aromatic heterocycles. The fourth-order valence-corrected chi connectivity index (χ4v) is 2.33. The number of nitrogens with zero attached hydrogens (tertiary/aromatic N) is 1. The highest BCUT2D eigenvalue weighted by Gasteiger charge is 2.10. The third kappa shape index (κ3) is 3.53. The monoisotopic (exact) mass is 288 g/mol. The van der Waals surface area contributed by atoms with Gasteiger partial charge in [-0.15, -0.1) is 0 Å². The third-order valence-corrected chi connectivity index (χ3v) is 3.63. The molecule has 0 aliphatic carbocycles. The molecular formula is C17H21ClN2. The molecule has 0 radical (unpaired) electrons. The molecule has 0 atom stereocenters. The predicted octanol–water partition coefficient (Wildman–Crippen LogP) is 4.53. The molecule has 0 unspecified atom stereocenters. The Labute approximate surface area is 126 Å². The summed E-state index contributed by atoms with van der Waals surface area (Å²) in [7, 11) is 2.08. The van der Waals surface area contributed by atoms with Gasteiger partial charge in [0.2, 0.25) is 0 Å². The van der Waals surface area contributed by atoms with Crippen LogP contribution in [0.25, 0.3) is 0 Å². The van der Waals surface area contributed by atoms with Crippen molar-refractivity contribution >= 4 is 23.0 Å². The number of aryl methyl sites for hydroxylation is 1. The minimum absolute atomic E-state index is 0.763. The Hall–Kier alpha value is -1.51. The van der Waals surface area contributed by atoms with Gasteiger partial charge in [0, 0.05) is 30.0 Å². The molecule has 0 fully saturated rings. The van der Waals surface area contributed by atoms with E-state index in [0.717, 1.165) is 29.5 Å². The van der Waals surface area contributed by atoms with E-state index in [2.05, 4.69) is 61.4 Å². The SMILES string of the molecule is CCNCc1ccc(Cl)cc1N(C)c1ccc(C)cc1. The average Bonchev–Trinajstić information content (AvgIpc) is 2.46. The number of anilines is 2. The van der Waals surface area contributed by atoms with Crippen molar-refractivity contribution in [3.05, 3.63) is 58.6 Å². The van der Waals surface area contributed by atoms with Crippen LogP contribution in [-0.4, -0.2) is 13.6 Å². The van der Waals surface area contributed by atoms with Crippen molar-refractivity contribution in [2.45, 2.75) is 20.4 Å². The average molecular weight is 289 g/mol. The summed E-state index contributed by atoms with van der Waals surface area (Å²) in [5.41, 5.74) is 4.82. The minimum Gasteiger partial charge on any atom is -0.344 e. The van der Waals surface area contributed by atoms with Gasteiger partial charge in [-0.2, -0.15) is 0 Å². The van der Waals surface area contributed by atoms with Gasteiger partial charge in [-0.1, -0.05) is 42.3 Å². The fourth-order valence-electron chi connectivity index (χ4n) is 2.17. The zero-order chi connectivity index (χ0) is 14.5. The molecule has 0 saturated carbocycles. The molecule has 1 N–H and O–H groups in total. The Morgan fingerprint density at radius 2 is 1.80 bits per heavy atom. The van der Waals surface area contributed by atoms with Crippen LogP contribution in [0.15, 0.2) is 42.5 Å². The first kappa shape index (κ1) is 14.9. The lowest BCUT2D eigenvalue weighted by Crippen LogP contribution is -2.17. The molecule has 2 aromatic carbocycles. The van der Waals surface area contributed by atoms with Gasteiger partial charge in [0.05, 0.1) is 0 Å². The molecule has 106 valence electrons. The maximum atomic E-state index is 6.16. The summed E-state index contributed by atoms with van der Waals surface area (Å²) in [6, 6.07) is 14.6. The van der Waals surface area contributed by atoms with Crippen molar-refractivity contribution in [3.63, 3.8) is 0 Å². The van der Waals surface area contributed by atoms with Crippen LogP contribution in [-0.2, 0) is 6.54 Å². The summed E-state index contributed by atoms with van der Waals surface area (Å²) >= 11 is 6.16. The van der Waals surface area contributed by atoms with E-state index in [-0.39, 0.29) is 0 Å². The van der Waals surface area contributed by atoms with Crippen LogP contribution in [0.2, 0.25) is 5.02 Å². The Morgan fingerprint density at radius 1 is 1.10 bits per heavy atom. The molecule has 0 heterocycles. The van der Waals surface area contributed by atoms with Crippen molar-refractivity contribution in [2.75, 3.05) is 18.5 Å². The van der Waals surface area contributed by atoms with Crippen molar-refractivity contribution in [2.24, 2.45) is 0 Å². The number of benzene rings is 2. The van der Waals surface area contributed by atoms with E-state index in [9.17, 15) is 0 Å². The van der Waals surface area contributed by atoms with Crippen LogP contribution in [0, 0.1) is 6.92 Å². The molecule has 2 nitrogen and oxygen atoms in total. The maximum Gasteiger partial charge on any atom is 0.0468 e. The predicted molar refractivity (Wildman–Crippen MR) is 88.1 cm³/mol. The Bertz CT molecular complexity index is 564. The van der Waals surface area contributed by atoms with Gasteiger partial charge >= 0.3 is 0 Å². The number of nitrogens with one attached hydrogen (secondary N) is 1. The summed E-state index contributed by atoms with van der Waals surface area (Å²) in [6.07, 6.45) is 0. The lowest BCUT2D eigenvalue weighted by atomic mass is 10.1. The summed E-state index contributed by atoms with van der Waals surface area (Å²) in [5.74, 6) is 0. The van der Waals surface area contributed by atoms with Gasteiger partial charge in [0.1, 0.15) is 0 Å². The van der Waals surface area contributed by atoms with E-state index in [1.165, 1.54) is 11.1 Å². The van der Waals surface area contributed by atoms with E-state index in [1.54, 1.807) is 0 Å². The first-order valence-electron chi connectivity index (χ1n) is 6.91. The molecule has 2 aromatic rings. The van der Waals surface area contributed by atoms with Crippen LogP contribution >= 0.6 is 11.6 Å². The standard InChI is InChI=1S/C17H21ClN2/c1-4-19-12-14-7-8-15(18)11-17(14)20(3)16-9-5-13(2)6-10-16/h5-11,19H,4,12H2,1-3H3. The van der Waals surface area contributed by atoms with Crippen LogP contribution in [0.3, 0.4) is 0 Å². The van der Waals surface area contributed by atoms with Crippen molar-refractivity contribution in [1.29, 1.82) is 0 Å². The van der Waals surface area contributed by atoms with E-state index in [0.29, 0.717) is 0 Å². The Balaban J connectivity index is 2.34. The van der Waals surface area contributed by atoms with Gasteiger partial charge in [0.15, 0.2) is 0 Å². The van der Waals surface area contributed by atoms with E-state index >= 15 is 0 Å². The lowest BCUT2D eigenvalue weighted by Gasteiger charge is -2.23. The van der Waals surface area contributed by atoms with Crippen LogP contribution < -0.4 is 10.2 Å². The van der Waals surface area contributed by atoms with E-state index in [1.807, 2.05) is 12.1 Å². The van der Waals surface area contributed by atoms with Crippen molar-refractivity contribution < 1.29 is 0 Å². The molecule has 0 amide bonds. The van der Waals surface area contributed by atoms with E-state index < -0.39 is 0 Å². The van der Waals surface area contributed by atoms with Crippen LogP contribution in [0.1, 0.15) is 18.1 Å². The number of rotatable bonds is 5. The molecule has 3 heteroatoms. The minimum atomic E-state index is 0.763. The zero-order valence-corrected chi connectivity index (χ0v) is 13.0. The highest BCUT2D eigenvalue weighted by Crippen LogP contribution is 2.30. The summed E-state index contributed by atoms with van der Waals surface area (Å²) < 4.78 is 0. The molecular weight excluding hydrogens is 268 g/mol. The summed E-state index contributed by atoms with van der Waals surface area (Å²) in [4.78, 5) is 2.18. The number of halogens is 1. The Morgan fingerprint density at radius 3 is 2.45 bits per heavy atom. The van der Waals surface area contributed by atoms with Gasteiger partial charge in [-0.25, -0.2) is 0 Å². The first-order valence-corrected chi connectivity index (χ1v) is 7.29. The van der Waals surface area contributed by atoms with Gasteiger partial charge < -0.3 is 10.2 Å². The maximum absolute atomic E-state index is 6.16. The normalized spacial score (nSPS) is 10.6. The fraction of sp³-hybridized carbons (Fsp3) is 0.294. The van der Waals surface area contributed by atoms with Gasteiger partial charge in [-0.05, 0) is 43.3 Å². The quantitative estimate of drug-likeness (QED) is 0.870. The molecule has 0 spiro atoms. The smallest absolute Gasteiger partial charge is 0.0468 e. The largest absolute Gasteiger partial charge is 0.344 e. The highest BCUT2D eigenvalue weighted by atomic mass is 35.5.